The summed E-state index contributed by atoms with van der Waals surface area (Å²) in [6.07, 6.45) is 0. The largest absolute Gasteiger partial charge is 0.377 e. The Bertz CT molecular complexity index is 861. The van der Waals surface area contributed by atoms with E-state index >= 15 is 0 Å². The Balaban J connectivity index is 1.85. The van der Waals surface area contributed by atoms with Crippen molar-refractivity contribution in [2.75, 3.05) is 24.7 Å². The normalized spacial score (nSPS) is 18.7. The van der Waals surface area contributed by atoms with Crippen molar-refractivity contribution in [1.82, 2.24) is 19.6 Å². The second-order valence-corrected chi connectivity index (χ2v) is 7.35. The Morgan fingerprint density at radius 1 is 1.43 bits per heavy atom. The van der Waals surface area contributed by atoms with Gasteiger partial charge in [-0.05, 0) is 53.4 Å². The van der Waals surface area contributed by atoms with Gasteiger partial charge in [-0.25, -0.2) is 4.98 Å². The fraction of sp³-hybridized carbons (Fsp3) is 0.400. The maximum absolute atomic E-state index is 5.53. The average Bonchev–Trinajstić information content (AvgIpc) is 3.14. The zero-order valence-corrected chi connectivity index (χ0v) is 15.2. The van der Waals surface area contributed by atoms with Crippen molar-refractivity contribution in [3.05, 3.63) is 22.3 Å². The first-order valence-corrected chi connectivity index (χ1v) is 9.03. The van der Waals surface area contributed by atoms with E-state index in [0.717, 1.165) is 57.3 Å². The van der Waals surface area contributed by atoms with Crippen molar-refractivity contribution in [3.8, 4) is 11.4 Å². The van der Waals surface area contributed by atoms with Crippen molar-refractivity contribution in [1.29, 1.82) is 0 Å². The van der Waals surface area contributed by atoms with Crippen LogP contribution in [0.25, 0.3) is 21.6 Å². The molecule has 0 unspecified atom stereocenters. The number of aryl methyl sites for hydroxylation is 1. The number of aromatic nitrogens is 4. The third kappa shape index (κ3) is 2.64. The quantitative estimate of drug-likeness (QED) is 0.722. The molecule has 0 amide bonds. The molecule has 8 heteroatoms. The molecule has 3 aromatic rings. The molecule has 0 saturated carbocycles. The number of halogens is 1. The monoisotopic (exact) mass is 393 g/mol. The molecule has 0 radical (unpaired) electrons. The van der Waals surface area contributed by atoms with Crippen molar-refractivity contribution < 1.29 is 4.74 Å². The van der Waals surface area contributed by atoms with Crippen LogP contribution in [0.4, 0.5) is 5.82 Å². The molecule has 0 spiro atoms. The summed E-state index contributed by atoms with van der Waals surface area (Å²) < 4.78 is 12.2. The van der Waals surface area contributed by atoms with E-state index in [1.807, 2.05) is 13.0 Å². The number of hydrogen-bond donors (Lipinski definition) is 1. The lowest BCUT2D eigenvalue weighted by Gasteiger charge is -2.34. The summed E-state index contributed by atoms with van der Waals surface area (Å²) in [5.41, 5.74) is 3.57. The van der Waals surface area contributed by atoms with E-state index in [2.05, 4.69) is 48.4 Å². The summed E-state index contributed by atoms with van der Waals surface area (Å²) in [4.78, 5) is 7.17. The highest BCUT2D eigenvalue weighted by Gasteiger charge is 2.23. The van der Waals surface area contributed by atoms with Crippen LogP contribution in [0, 0.1) is 6.92 Å². The fourth-order valence-corrected chi connectivity index (χ4v) is 4.14. The second kappa shape index (κ2) is 5.85. The van der Waals surface area contributed by atoms with Gasteiger partial charge in [-0.2, -0.15) is 9.47 Å². The van der Waals surface area contributed by atoms with Gasteiger partial charge in [0.15, 0.2) is 0 Å². The molecule has 1 aliphatic rings. The van der Waals surface area contributed by atoms with Gasteiger partial charge in [0.05, 0.1) is 24.0 Å². The maximum atomic E-state index is 5.53. The summed E-state index contributed by atoms with van der Waals surface area (Å²) in [6, 6.07) is 4.37. The number of rotatable bonds is 2. The van der Waals surface area contributed by atoms with Gasteiger partial charge in [0.25, 0.3) is 0 Å². The van der Waals surface area contributed by atoms with E-state index in [1.54, 1.807) is 0 Å². The van der Waals surface area contributed by atoms with E-state index < -0.39 is 0 Å². The number of H-pyrrole nitrogens is 1. The Morgan fingerprint density at radius 3 is 3.04 bits per heavy atom. The van der Waals surface area contributed by atoms with Crippen LogP contribution >= 0.6 is 27.5 Å². The summed E-state index contributed by atoms with van der Waals surface area (Å²) in [6.45, 7) is 6.44. The lowest BCUT2D eigenvalue weighted by Crippen LogP contribution is -2.44. The van der Waals surface area contributed by atoms with Crippen LogP contribution in [-0.2, 0) is 4.74 Å². The lowest BCUT2D eigenvalue weighted by molar-refractivity contribution is 0.0985. The molecular formula is C15H16BrN5OS. The number of nitrogens with zero attached hydrogens (tertiary/aromatic N) is 4. The Labute approximate surface area is 146 Å². The number of hydrogen-bond acceptors (Lipinski definition) is 6. The number of fused-ring (bicyclic) bond motifs is 1. The molecule has 23 heavy (non-hydrogen) atoms. The highest BCUT2D eigenvalue weighted by molar-refractivity contribution is 9.10. The van der Waals surface area contributed by atoms with Gasteiger partial charge in [-0.1, -0.05) is 0 Å². The van der Waals surface area contributed by atoms with E-state index in [-0.39, 0.29) is 0 Å². The minimum absolute atomic E-state index is 0.309. The minimum Gasteiger partial charge on any atom is -0.377 e. The molecule has 1 fully saturated rings. The van der Waals surface area contributed by atoms with E-state index in [4.69, 9.17) is 9.72 Å². The molecule has 1 atom stereocenters. The number of anilines is 1. The SMILES string of the molecule is Cc1cc(-c2nsc3c(Br)cc(N4CCOC[C@H]4C)nc23)n[nH]1. The summed E-state index contributed by atoms with van der Waals surface area (Å²) >= 11 is 5.11. The van der Waals surface area contributed by atoms with Gasteiger partial charge in [0.2, 0.25) is 0 Å². The standard InChI is InChI=1S/C15H16BrN5OS/c1-8-5-11(19-18-8)13-14-15(23-20-13)10(16)6-12(17-14)21-3-4-22-7-9(21)2/h5-6,9H,3-4,7H2,1-2H3,(H,18,19)/t9-/m1/s1. The predicted octanol–water partition coefficient (Wildman–Crippen LogP) is 3.38. The number of morpholine rings is 1. The Kier molecular flexibility index (Phi) is 3.82. The third-order valence-electron chi connectivity index (χ3n) is 3.98. The maximum Gasteiger partial charge on any atom is 0.131 e. The molecule has 0 aromatic carbocycles. The summed E-state index contributed by atoms with van der Waals surface area (Å²) in [7, 11) is 0. The van der Waals surface area contributed by atoms with Gasteiger partial charge in [-0.3, -0.25) is 5.10 Å². The topological polar surface area (TPSA) is 66.9 Å². The van der Waals surface area contributed by atoms with E-state index in [0.29, 0.717) is 6.04 Å². The Hall–Kier alpha value is -1.51. The Morgan fingerprint density at radius 2 is 2.30 bits per heavy atom. The molecular weight excluding hydrogens is 378 g/mol. The second-order valence-electron chi connectivity index (χ2n) is 5.72. The van der Waals surface area contributed by atoms with Crippen LogP contribution in [0.15, 0.2) is 16.6 Å². The highest BCUT2D eigenvalue weighted by Crippen LogP contribution is 2.36. The molecule has 6 nitrogen and oxygen atoms in total. The van der Waals surface area contributed by atoms with Crippen LogP contribution in [0.1, 0.15) is 12.6 Å². The zero-order valence-electron chi connectivity index (χ0n) is 12.8. The molecule has 1 saturated heterocycles. The molecule has 1 aliphatic heterocycles. The number of aromatic amines is 1. The number of nitrogens with one attached hydrogen (secondary N) is 1. The van der Waals surface area contributed by atoms with Crippen LogP contribution in [0.3, 0.4) is 0 Å². The van der Waals surface area contributed by atoms with Crippen LogP contribution in [-0.4, -0.2) is 45.4 Å². The third-order valence-corrected chi connectivity index (χ3v) is 5.73. The van der Waals surface area contributed by atoms with Crippen molar-refractivity contribution in [2.45, 2.75) is 19.9 Å². The highest BCUT2D eigenvalue weighted by atomic mass is 79.9. The number of ether oxygens (including phenoxy) is 1. The molecule has 1 N–H and O–H groups in total. The van der Waals surface area contributed by atoms with Crippen LogP contribution in [0.5, 0.6) is 0 Å². The zero-order chi connectivity index (χ0) is 16.0. The van der Waals surface area contributed by atoms with Crippen LogP contribution < -0.4 is 4.90 Å². The molecule has 0 aliphatic carbocycles. The summed E-state index contributed by atoms with van der Waals surface area (Å²) in [5.74, 6) is 0.953. The fourth-order valence-electron chi connectivity index (χ4n) is 2.79. The first-order valence-electron chi connectivity index (χ1n) is 7.46. The molecule has 0 bridgehead atoms. The van der Waals surface area contributed by atoms with Crippen molar-refractivity contribution >= 4 is 43.5 Å². The molecule has 3 aromatic heterocycles. The predicted molar refractivity (Wildman–Crippen MR) is 95.1 cm³/mol. The van der Waals surface area contributed by atoms with Crippen LogP contribution in [0.2, 0.25) is 0 Å². The molecule has 4 heterocycles. The first kappa shape index (κ1) is 15.0. The van der Waals surface area contributed by atoms with E-state index in [9.17, 15) is 0 Å². The van der Waals surface area contributed by atoms with Gasteiger partial charge >= 0.3 is 0 Å². The smallest absolute Gasteiger partial charge is 0.131 e. The lowest BCUT2D eigenvalue weighted by atomic mass is 10.2. The molecule has 4 rings (SSSR count). The van der Waals surface area contributed by atoms with Gasteiger partial charge in [-0.15, -0.1) is 0 Å². The van der Waals surface area contributed by atoms with Gasteiger partial charge in [0, 0.05) is 16.7 Å². The number of pyridine rings is 1. The van der Waals surface area contributed by atoms with Crippen molar-refractivity contribution in [2.24, 2.45) is 0 Å². The first-order chi connectivity index (χ1) is 11.1. The molecule has 120 valence electrons. The van der Waals surface area contributed by atoms with Gasteiger partial charge < -0.3 is 9.64 Å². The average molecular weight is 394 g/mol. The summed E-state index contributed by atoms with van der Waals surface area (Å²) in [5, 5.41) is 7.29. The minimum atomic E-state index is 0.309. The van der Waals surface area contributed by atoms with E-state index in [1.165, 1.54) is 11.5 Å². The van der Waals surface area contributed by atoms with Crippen molar-refractivity contribution in [3.63, 3.8) is 0 Å². The van der Waals surface area contributed by atoms with Gasteiger partial charge in [0.1, 0.15) is 22.7 Å².